The van der Waals surface area contributed by atoms with E-state index in [4.69, 9.17) is 9.73 Å². The standard InChI is InChI=1S/C27H26FN3O2S/c1-17-9-12-20(15-23(17)33-3)25-24(26(32)30-22-7-5-4-6-8-22)18(2)29-27(31-25)34-16-19-10-13-21(28)14-11-19/h4-15,25H,16H2,1-3H3,(H,29,31)(H,30,32)/t25-/m1/s1. The van der Waals surface area contributed by atoms with E-state index in [-0.39, 0.29) is 11.7 Å². The number of carbonyl (C=O) groups excluding carboxylic acids is 1. The van der Waals surface area contributed by atoms with Crippen LogP contribution in [0.1, 0.15) is 29.7 Å². The van der Waals surface area contributed by atoms with Gasteiger partial charge in [0, 0.05) is 17.1 Å². The summed E-state index contributed by atoms with van der Waals surface area (Å²) >= 11 is 1.51. The van der Waals surface area contributed by atoms with Crippen LogP contribution in [0.2, 0.25) is 0 Å². The molecule has 5 nitrogen and oxygen atoms in total. The Bertz CT molecular complexity index is 1240. The molecule has 174 valence electrons. The Morgan fingerprint density at radius 3 is 2.53 bits per heavy atom. The van der Waals surface area contributed by atoms with E-state index in [0.29, 0.717) is 22.2 Å². The molecule has 1 amide bonds. The molecule has 1 aliphatic heterocycles. The van der Waals surface area contributed by atoms with Gasteiger partial charge in [0.1, 0.15) is 17.6 Å². The molecular formula is C27H26FN3O2S. The van der Waals surface area contributed by atoms with Gasteiger partial charge in [-0.1, -0.05) is 54.2 Å². The highest BCUT2D eigenvalue weighted by Gasteiger charge is 2.30. The van der Waals surface area contributed by atoms with E-state index in [2.05, 4.69) is 10.6 Å². The topological polar surface area (TPSA) is 62.7 Å². The van der Waals surface area contributed by atoms with Crippen molar-refractivity contribution in [3.8, 4) is 5.75 Å². The summed E-state index contributed by atoms with van der Waals surface area (Å²) in [5.41, 5.74) is 4.84. The minimum Gasteiger partial charge on any atom is -0.496 e. The number of ether oxygens (including phenoxy) is 1. The SMILES string of the molecule is COc1cc([C@H]2N=C(SCc3ccc(F)cc3)NC(C)=C2C(=O)Nc2ccccc2)ccc1C. The zero-order valence-corrected chi connectivity index (χ0v) is 20.1. The van der Waals surface area contributed by atoms with Gasteiger partial charge in [-0.05, 0) is 60.9 Å². The van der Waals surface area contributed by atoms with Crippen LogP contribution in [0, 0.1) is 12.7 Å². The van der Waals surface area contributed by atoms with Crippen molar-refractivity contribution in [2.45, 2.75) is 25.6 Å². The number of hydrogen-bond acceptors (Lipinski definition) is 5. The van der Waals surface area contributed by atoms with E-state index < -0.39 is 6.04 Å². The van der Waals surface area contributed by atoms with Gasteiger partial charge >= 0.3 is 0 Å². The average molecular weight is 476 g/mol. The number of nitrogens with one attached hydrogen (secondary N) is 2. The summed E-state index contributed by atoms with van der Waals surface area (Å²) in [4.78, 5) is 18.3. The van der Waals surface area contributed by atoms with E-state index in [0.717, 1.165) is 28.1 Å². The Labute approximate surface area is 203 Å². The summed E-state index contributed by atoms with van der Waals surface area (Å²) in [5, 5.41) is 6.96. The molecular weight excluding hydrogens is 449 g/mol. The van der Waals surface area contributed by atoms with Crippen LogP contribution in [-0.4, -0.2) is 18.2 Å². The van der Waals surface area contributed by atoms with Crippen molar-refractivity contribution in [1.29, 1.82) is 0 Å². The highest BCUT2D eigenvalue weighted by Crippen LogP contribution is 2.35. The van der Waals surface area contributed by atoms with Crippen LogP contribution < -0.4 is 15.4 Å². The van der Waals surface area contributed by atoms with Gasteiger partial charge in [-0.15, -0.1) is 0 Å². The first-order chi connectivity index (χ1) is 16.4. The van der Waals surface area contributed by atoms with Gasteiger partial charge in [0.05, 0.1) is 12.7 Å². The second kappa shape index (κ2) is 10.6. The lowest BCUT2D eigenvalue weighted by atomic mass is 9.94. The van der Waals surface area contributed by atoms with Crippen LogP contribution in [0.25, 0.3) is 0 Å². The number of aryl methyl sites for hydroxylation is 1. The summed E-state index contributed by atoms with van der Waals surface area (Å²) in [5.74, 6) is 0.886. The zero-order chi connectivity index (χ0) is 24.1. The van der Waals surface area contributed by atoms with Crippen LogP contribution in [0.5, 0.6) is 5.75 Å². The van der Waals surface area contributed by atoms with Crippen LogP contribution in [0.15, 0.2) is 89.1 Å². The molecule has 4 rings (SSSR count). The number of aliphatic imine (C=N–C) groups is 1. The minimum absolute atomic E-state index is 0.216. The minimum atomic E-state index is -0.504. The van der Waals surface area contributed by atoms with Gasteiger partial charge < -0.3 is 15.4 Å². The molecule has 0 fully saturated rings. The molecule has 2 N–H and O–H groups in total. The van der Waals surface area contributed by atoms with Crippen LogP contribution in [-0.2, 0) is 10.5 Å². The van der Waals surface area contributed by atoms with E-state index in [1.165, 1.54) is 23.9 Å². The molecule has 0 unspecified atom stereocenters. The fourth-order valence-electron chi connectivity index (χ4n) is 3.71. The van der Waals surface area contributed by atoms with Crippen LogP contribution >= 0.6 is 11.8 Å². The molecule has 1 aliphatic rings. The normalized spacial score (nSPS) is 15.4. The lowest BCUT2D eigenvalue weighted by molar-refractivity contribution is -0.113. The first kappa shape index (κ1) is 23.6. The van der Waals surface area contributed by atoms with E-state index in [1.807, 2.05) is 62.4 Å². The summed E-state index contributed by atoms with van der Waals surface area (Å²) in [7, 11) is 1.63. The number of halogens is 1. The molecule has 0 radical (unpaired) electrons. The third-order valence-electron chi connectivity index (χ3n) is 5.53. The Balaban J connectivity index is 1.65. The lowest BCUT2D eigenvalue weighted by Gasteiger charge is -2.27. The van der Waals surface area contributed by atoms with Gasteiger partial charge in [-0.3, -0.25) is 4.79 Å². The smallest absolute Gasteiger partial charge is 0.255 e. The summed E-state index contributed by atoms with van der Waals surface area (Å²) in [6, 6.07) is 21.1. The summed E-state index contributed by atoms with van der Waals surface area (Å²) in [6.45, 7) is 3.86. The second-order valence-electron chi connectivity index (χ2n) is 7.96. The molecule has 0 aliphatic carbocycles. The molecule has 0 bridgehead atoms. The molecule has 1 heterocycles. The molecule has 0 saturated heterocycles. The monoisotopic (exact) mass is 475 g/mol. The Morgan fingerprint density at radius 1 is 1.09 bits per heavy atom. The van der Waals surface area contributed by atoms with Crippen molar-refractivity contribution < 1.29 is 13.9 Å². The number of amidine groups is 1. The first-order valence-corrected chi connectivity index (χ1v) is 11.9. The lowest BCUT2D eigenvalue weighted by Crippen LogP contribution is -2.32. The molecule has 3 aromatic rings. The predicted molar refractivity (Wildman–Crippen MR) is 137 cm³/mol. The maximum absolute atomic E-state index is 13.3. The Morgan fingerprint density at radius 2 is 1.82 bits per heavy atom. The summed E-state index contributed by atoms with van der Waals surface area (Å²) < 4.78 is 18.8. The average Bonchev–Trinajstić information content (AvgIpc) is 2.84. The fourth-order valence-corrected chi connectivity index (χ4v) is 4.62. The van der Waals surface area contributed by atoms with Gasteiger partial charge in [-0.25, -0.2) is 9.38 Å². The molecule has 0 spiro atoms. The van der Waals surface area contributed by atoms with Crippen molar-refractivity contribution in [2.24, 2.45) is 4.99 Å². The number of anilines is 1. The van der Waals surface area contributed by atoms with Crippen molar-refractivity contribution in [3.05, 3.63) is 107 Å². The third-order valence-corrected chi connectivity index (χ3v) is 6.49. The van der Waals surface area contributed by atoms with E-state index in [1.54, 1.807) is 19.2 Å². The first-order valence-electron chi connectivity index (χ1n) is 10.9. The Kier molecular flexibility index (Phi) is 7.33. The highest BCUT2D eigenvalue weighted by atomic mass is 32.2. The number of rotatable bonds is 6. The number of amides is 1. The molecule has 7 heteroatoms. The van der Waals surface area contributed by atoms with Gasteiger partial charge in [0.15, 0.2) is 5.17 Å². The summed E-state index contributed by atoms with van der Waals surface area (Å²) in [6.07, 6.45) is 0. The number of benzene rings is 3. The van der Waals surface area contributed by atoms with E-state index >= 15 is 0 Å². The van der Waals surface area contributed by atoms with Gasteiger partial charge in [0.2, 0.25) is 0 Å². The van der Waals surface area contributed by atoms with Gasteiger partial charge in [0.25, 0.3) is 5.91 Å². The van der Waals surface area contributed by atoms with E-state index in [9.17, 15) is 9.18 Å². The number of allylic oxidation sites excluding steroid dienone is 1. The molecule has 3 aromatic carbocycles. The van der Waals surface area contributed by atoms with Crippen LogP contribution in [0.4, 0.5) is 10.1 Å². The van der Waals surface area contributed by atoms with Crippen LogP contribution in [0.3, 0.4) is 0 Å². The number of nitrogens with zero attached hydrogens (tertiary/aromatic N) is 1. The predicted octanol–water partition coefficient (Wildman–Crippen LogP) is 5.99. The van der Waals surface area contributed by atoms with Gasteiger partial charge in [-0.2, -0.15) is 0 Å². The largest absolute Gasteiger partial charge is 0.496 e. The zero-order valence-electron chi connectivity index (χ0n) is 19.3. The number of para-hydroxylation sites is 1. The second-order valence-corrected chi connectivity index (χ2v) is 8.93. The molecule has 1 atom stereocenters. The van der Waals surface area contributed by atoms with Crippen molar-refractivity contribution in [3.63, 3.8) is 0 Å². The quantitative estimate of drug-likeness (QED) is 0.460. The number of methoxy groups -OCH3 is 1. The Hall–Kier alpha value is -3.58. The number of hydrogen-bond donors (Lipinski definition) is 2. The maximum atomic E-state index is 13.3. The number of carbonyl (C=O) groups is 1. The van der Waals surface area contributed by atoms with Crippen molar-refractivity contribution in [1.82, 2.24) is 5.32 Å². The number of thioether (sulfide) groups is 1. The molecule has 0 saturated carbocycles. The van der Waals surface area contributed by atoms with Crippen molar-refractivity contribution in [2.75, 3.05) is 12.4 Å². The third kappa shape index (κ3) is 5.48. The molecule has 0 aromatic heterocycles. The molecule has 34 heavy (non-hydrogen) atoms. The maximum Gasteiger partial charge on any atom is 0.255 e. The highest BCUT2D eigenvalue weighted by molar-refractivity contribution is 8.13. The fraction of sp³-hybridized carbons (Fsp3) is 0.185. The van der Waals surface area contributed by atoms with Crippen molar-refractivity contribution >= 4 is 28.5 Å².